The van der Waals surface area contributed by atoms with Crippen molar-refractivity contribution >= 4 is 17.3 Å². The number of nitro benzene ring substituents is 1. The molecule has 0 radical (unpaired) electrons. The van der Waals surface area contributed by atoms with Crippen LogP contribution in [0, 0.1) is 21.8 Å². The Balaban J connectivity index is 2.16. The molecule has 0 aliphatic heterocycles. The van der Waals surface area contributed by atoms with Gasteiger partial charge >= 0.3 is 5.97 Å². The van der Waals surface area contributed by atoms with Crippen LogP contribution in [0.4, 0.5) is 15.8 Å². The second kappa shape index (κ2) is 5.85. The Bertz CT molecular complexity index is 535. The number of hydrogen-bond acceptors (Lipinski definition) is 4. The monoisotopic (exact) mass is 282 g/mol. The Morgan fingerprint density at radius 1 is 1.40 bits per heavy atom. The Morgan fingerprint density at radius 2 is 2.10 bits per heavy atom. The van der Waals surface area contributed by atoms with E-state index in [1.807, 2.05) is 0 Å². The molecule has 0 amide bonds. The lowest BCUT2D eigenvalue weighted by atomic mass is 9.84. The van der Waals surface area contributed by atoms with Gasteiger partial charge in [-0.2, -0.15) is 0 Å². The highest BCUT2D eigenvalue weighted by Gasteiger charge is 2.31. The fraction of sp³-hybridized carbons (Fsp3) is 0.462. The number of anilines is 1. The lowest BCUT2D eigenvalue weighted by molar-refractivity contribution is -0.385. The summed E-state index contributed by atoms with van der Waals surface area (Å²) in [5.41, 5.74) is -0.222. The zero-order valence-electron chi connectivity index (χ0n) is 10.7. The maximum absolute atomic E-state index is 13.8. The Labute approximate surface area is 114 Å². The molecule has 7 heteroatoms. The van der Waals surface area contributed by atoms with E-state index in [1.54, 1.807) is 0 Å². The van der Waals surface area contributed by atoms with Crippen molar-refractivity contribution in [3.05, 3.63) is 34.1 Å². The minimum atomic E-state index is -0.899. The topological polar surface area (TPSA) is 92.5 Å². The maximum atomic E-state index is 13.8. The fourth-order valence-corrected chi connectivity index (χ4v) is 2.53. The molecular weight excluding hydrogens is 267 g/mol. The van der Waals surface area contributed by atoms with E-state index in [-0.39, 0.29) is 17.4 Å². The third kappa shape index (κ3) is 3.04. The van der Waals surface area contributed by atoms with Gasteiger partial charge in [-0.3, -0.25) is 14.9 Å². The van der Waals surface area contributed by atoms with E-state index in [4.69, 9.17) is 5.11 Å². The molecule has 1 fully saturated rings. The number of hydrogen-bond donors (Lipinski definition) is 2. The van der Waals surface area contributed by atoms with Crippen molar-refractivity contribution in [3.8, 4) is 0 Å². The first-order valence-corrected chi connectivity index (χ1v) is 6.42. The predicted octanol–water partition coefficient (Wildman–Crippen LogP) is 2.79. The summed E-state index contributed by atoms with van der Waals surface area (Å²) in [6.45, 7) is 0. The molecule has 108 valence electrons. The molecule has 2 rings (SSSR count). The largest absolute Gasteiger partial charge is 0.481 e. The quantitative estimate of drug-likeness (QED) is 0.654. The SMILES string of the molecule is O=C(O)C1CCCCC1Nc1ccc([N+](=O)[O-])cc1F. The standard InChI is InChI=1S/C13H15FN2O4/c14-10-7-8(16(19)20)5-6-12(10)15-11-4-2-1-3-9(11)13(17)18/h5-7,9,11,15H,1-4H2,(H,17,18). The molecular formula is C13H15FN2O4. The van der Waals surface area contributed by atoms with Gasteiger partial charge in [-0.15, -0.1) is 0 Å². The highest BCUT2D eigenvalue weighted by Crippen LogP contribution is 2.29. The summed E-state index contributed by atoms with van der Waals surface area (Å²) in [6, 6.07) is 2.96. The number of carboxylic acid groups (broad SMARTS) is 1. The van der Waals surface area contributed by atoms with E-state index in [0.717, 1.165) is 18.9 Å². The van der Waals surface area contributed by atoms with Crippen molar-refractivity contribution in [1.29, 1.82) is 0 Å². The van der Waals surface area contributed by atoms with Crippen LogP contribution in [0.2, 0.25) is 0 Å². The van der Waals surface area contributed by atoms with Gasteiger partial charge in [-0.05, 0) is 18.9 Å². The minimum absolute atomic E-state index is 0.105. The van der Waals surface area contributed by atoms with Gasteiger partial charge in [0.1, 0.15) is 0 Å². The zero-order valence-corrected chi connectivity index (χ0v) is 10.7. The summed E-state index contributed by atoms with van der Waals surface area (Å²) in [7, 11) is 0. The smallest absolute Gasteiger partial charge is 0.308 e. The van der Waals surface area contributed by atoms with Crippen molar-refractivity contribution in [1.82, 2.24) is 0 Å². The number of carboxylic acids is 1. The van der Waals surface area contributed by atoms with Crippen LogP contribution in [0.1, 0.15) is 25.7 Å². The van der Waals surface area contributed by atoms with Crippen molar-refractivity contribution < 1.29 is 19.2 Å². The van der Waals surface area contributed by atoms with E-state index in [0.29, 0.717) is 12.8 Å². The summed E-state index contributed by atoms with van der Waals surface area (Å²) >= 11 is 0. The Kier molecular flexibility index (Phi) is 4.16. The van der Waals surface area contributed by atoms with Gasteiger partial charge in [0.2, 0.25) is 0 Å². The maximum Gasteiger partial charge on any atom is 0.308 e. The van der Waals surface area contributed by atoms with Gasteiger partial charge in [0, 0.05) is 12.1 Å². The number of nitrogens with zero attached hydrogens (tertiary/aromatic N) is 1. The van der Waals surface area contributed by atoms with Crippen LogP contribution >= 0.6 is 0 Å². The number of nitro groups is 1. The zero-order chi connectivity index (χ0) is 14.7. The van der Waals surface area contributed by atoms with Crippen LogP contribution in [0.3, 0.4) is 0 Å². The van der Waals surface area contributed by atoms with Crippen LogP contribution in [0.25, 0.3) is 0 Å². The summed E-state index contributed by atoms with van der Waals surface area (Å²) in [5, 5.41) is 22.6. The van der Waals surface area contributed by atoms with Gasteiger partial charge in [0.05, 0.1) is 22.6 Å². The molecule has 0 heterocycles. The molecule has 2 N–H and O–H groups in total. The van der Waals surface area contributed by atoms with Crippen molar-refractivity contribution in [2.45, 2.75) is 31.7 Å². The molecule has 2 unspecified atom stereocenters. The highest BCUT2D eigenvalue weighted by molar-refractivity contribution is 5.72. The minimum Gasteiger partial charge on any atom is -0.481 e. The summed E-state index contributed by atoms with van der Waals surface area (Å²) in [6.07, 6.45) is 2.93. The molecule has 0 bridgehead atoms. The second-order valence-electron chi connectivity index (χ2n) is 4.90. The molecule has 20 heavy (non-hydrogen) atoms. The molecule has 1 aliphatic rings. The lowest BCUT2D eigenvalue weighted by Crippen LogP contribution is -2.37. The number of aliphatic carboxylic acids is 1. The van der Waals surface area contributed by atoms with E-state index < -0.39 is 22.6 Å². The number of nitrogens with one attached hydrogen (secondary N) is 1. The molecule has 1 aromatic carbocycles. The van der Waals surface area contributed by atoms with E-state index in [2.05, 4.69) is 5.32 Å². The first kappa shape index (κ1) is 14.2. The van der Waals surface area contributed by atoms with Gasteiger partial charge in [0.25, 0.3) is 5.69 Å². The van der Waals surface area contributed by atoms with Crippen LogP contribution in [0.15, 0.2) is 18.2 Å². The van der Waals surface area contributed by atoms with Crippen LogP contribution in [-0.4, -0.2) is 22.0 Å². The van der Waals surface area contributed by atoms with Gasteiger partial charge < -0.3 is 10.4 Å². The molecule has 1 saturated carbocycles. The average molecular weight is 282 g/mol. The van der Waals surface area contributed by atoms with Crippen molar-refractivity contribution in [2.24, 2.45) is 5.92 Å². The number of rotatable bonds is 4. The van der Waals surface area contributed by atoms with Crippen molar-refractivity contribution in [3.63, 3.8) is 0 Å². The Morgan fingerprint density at radius 3 is 2.70 bits per heavy atom. The van der Waals surface area contributed by atoms with Crippen LogP contribution < -0.4 is 5.32 Å². The lowest BCUT2D eigenvalue weighted by Gasteiger charge is -2.30. The number of carbonyl (C=O) groups is 1. The van der Waals surface area contributed by atoms with Gasteiger partial charge in [-0.25, -0.2) is 4.39 Å². The molecule has 0 spiro atoms. The van der Waals surface area contributed by atoms with Gasteiger partial charge in [0.15, 0.2) is 5.82 Å². The molecule has 1 aromatic rings. The summed E-state index contributed by atoms with van der Waals surface area (Å²) in [5.74, 6) is -2.20. The predicted molar refractivity (Wildman–Crippen MR) is 70.1 cm³/mol. The second-order valence-corrected chi connectivity index (χ2v) is 4.90. The highest BCUT2D eigenvalue weighted by atomic mass is 19.1. The first-order chi connectivity index (χ1) is 9.49. The molecule has 0 aromatic heterocycles. The summed E-state index contributed by atoms with van der Waals surface area (Å²) in [4.78, 5) is 21.0. The molecule has 1 aliphatic carbocycles. The number of halogens is 1. The van der Waals surface area contributed by atoms with E-state index in [9.17, 15) is 19.3 Å². The molecule has 0 saturated heterocycles. The molecule has 2 atom stereocenters. The Hall–Kier alpha value is -2.18. The normalized spacial score (nSPS) is 22.2. The van der Waals surface area contributed by atoms with E-state index in [1.165, 1.54) is 12.1 Å². The number of benzene rings is 1. The number of non-ortho nitro benzene ring substituents is 1. The average Bonchev–Trinajstić information content (AvgIpc) is 2.41. The molecule has 6 nitrogen and oxygen atoms in total. The van der Waals surface area contributed by atoms with E-state index >= 15 is 0 Å². The third-order valence-electron chi connectivity index (χ3n) is 3.59. The third-order valence-corrected chi connectivity index (χ3v) is 3.59. The van der Waals surface area contributed by atoms with Crippen molar-refractivity contribution in [2.75, 3.05) is 5.32 Å². The van der Waals surface area contributed by atoms with Crippen LogP contribution in [-0.2, 0) is 4.79 Å². The van der Waals surface area contributed by atoms with Gasteiger partial charge in [-0.1, -0.05) is 12.8 Å². The summed E-state index contributed by atoms with van der Waals surface area (Å²) < 4.78 is 13.8. The fourth-order valence-electron chi connectivity index (χ4n) is 2.53. The first-order valence-electron chi connectivity index (χ1n) is 6.42. The van der Waals surface area contributed by atoms with Crippen LogP contribution in [0.5, 0.6) is 0 Å².